The number of allylic oxidation sites excluding steroid dienone is 1. The Balaban J connectivity index is 1.68. The molecule has 0 aliphatic carbocycles. The van der Waals surface area contributed by atoms with Crippen molar-refractivity contribution in [2.24, 2.45) is 14.1 Å². The lowest BCUT2D eigenvalue weighted by atomic mass is 9.86. The summed E-state index contributed by atoms with van der Waals surface area (Å²) in [7, 11) is 3.68. The molecule has 0 saturated carbocycles. The summed E-state index contributed by atoms with van der Waals surface area (Å²) in [6, 6.07) is 25.9. The summed E-state index contributed by atoms with van der Waals surface area (Å²) in [6.45, 7) is 0. The molecule has 0 fully saturated rings. The third kappa shape index (κ3) is 3.70. The van der Waals surface area contributed by atoms with E-state index in [4.69, 9.17) is 4.74 Å². The third-order valence-electron chi connectivity index (χ3n) is 7.27. The summed E-state index contributed by atoms with van der Waals surface area (Å²) >= 11 is 3.43. The number of nitrogens with zero attached hydrogens (tertiary/aromatic N) is 4. The zero-order valence-electron chi connectivity index (χ0n) is 21.5. The molecule has 0 spiro atoms. The minimum Gasteiger partial charge on any atom is -0.452 e. The van der Waals surface area contributed by atoms with Gasteiger partial charge in [0.2, 0.25) is 5.78 Å². The normalized spacial score (nSPS) is 18.1. The Kier molecular flexibility index (Phi) is 5.96. The number of aryl methyl sites for hydroxylation is 2. The van der Waals surface area contributed by atoms with Crippen molar-refractivity contribution in [2.45, 2.75) is 5.79 Å². The zero-order valence-corrected chi connectivity index (χ0v) is 23.1. The van der Waals surface area contributed by atoms with Crippen LogP contribution in [0.2, 0.25) is 0 Å². The molecular weight excluding hydrogens is 568 g/mol. The second-order valence-corrected chi connectivity index (χ2v) is 10.5. The number of halogens is 1. The summed E-state index contributed by atoms with van der Waals surface area (Å²) in [5, 5.41) is 34.6. The van der Waals surface area contributed by atoms with E-state index in [1.807, 2.05) is 67.2 Å². The molecule has 0 saturated heterocycles. The molecule has 0 radical (unpaired) electrons. The van der Waals surface area contributed by atoms with Gasteiger partial charge in [0.25, 0.3) is 5.79 Å². The highest BCUT2D eigenvalue weighted by molar-refractivity contribution is 9.10. The molecule has 0 amide bonds. The molecule has 2 aromatic heterocycles. The zero-order chi connectivity index (χ0) is 28.2. The predicted octanol–water partition coefficient (Wildman–Crippen LogP) is 6.25. The summed E-state index contributed by atoms with van der Waals surface area (Å²) < 4.78 is 10.6. The Morgan fingerprint density at radius 2 is 1.57 bits per heavy atom. The van der Waals surface area contributed by atoms with E-state index in [1.165, 1.54) is 0 Å². The van der Waals surface area contributed by atoms with Crippen molar-refractivity contribution < 1.29 is 14.6 Å². The number of para-hydroxylation sites is 2. The van der Waals surface area contributed by atoms with Crippen molar-refractivity contribution in [1.82, 2.24) is 9.13 Å². The van der Waals surface area contributed by atoms with Gasteiger partial charge in [-0.05, 0) is 24.3 Å². The van der Waals surface area contributed by atoms with Crippen LogP contribution in [0.15, 0.2) is 106 Å². The molecule has 194 valence electrons. The van der Waals surface area contributed by atoms with Gasteiger partial charge in [-0.1, -0.05) is 64.5 Å². The minimum atomic E-state index is -2.29. The second kappa shape index (κ2) is 9.39. The van der Waals surface area contributed by atoms with Crippen LogP contribution >= 0.6 is 15.9 Å². The van der Waals surface area contributed by atoms with Crippen LogP contribution < -0.4 is 0 Å². The number of Topliss-reactive ketones (excluding diaryl/α,β-unsaturated/α-hetero) is 1. The lowest BCUT2D eigenvalue weighted by Crippen LogP contribution is -2.29. The van der Waals surface area contributed by atoms with Gasteiger partial charge < -0.3 is 19.0 Å². The van der Waals surface area contributed by atoms with Crippen molar-refractivity contribution in [3.05, 3.63) is 123 Å². The first-order chi connectivity index (χ1) is 19.3. The Morgan fingerprint density at radius 1 is 0.925 bits per heavy atom. The number of hydrogen-bond donors (Lipinski definition) is 1. The maximum atomic E-state index is 14.1. The van der Waals surface area contributed by atoms with Crippen LogP contribution in [0.4, 0.5) is 0 Å². The Labute approximate surface area is 238 Å². The first-order valence-electron chi connectivity index (χ1n) is 12.4. The van der Waals surface area contributed by atoms with Crippen molar-refractivity contribution in [3.8, 4) is 12.1 Å². The molecule has 3 heterocycles. The van der Waals surface area contributed by atoms with Gasteiger partial charge in [0.15, 0.2) is 5.76 Å². The quantitative estimate of drug-likeness (QED) is 0.152. The van der Waals surface area contributed by atoms with Gasteiger partial charge in [-0.15, -0.1) is 0 Å². The van der Waals surface area contributed by atoms with E-state index in [9.17, 15) is 20.4 Å². The van der Waals surface area contributed by atoms with E-state index in [0.29, 0.717) is 15.4 Å². The lowest BCUT2D eigenvalue weighted by molar-refractivity contribution is -0.120. The fourth-order valence-corrected chi connectivity index (χ4v) is 5.83. The van der Waals surface area contributed by atoms with Crippen LogP contribution in [0, 0.1) is 22.7 Å². The predicted molar refractivity (Wildman–Crippen MR) is 154 cm³/mol. The van der Waals surface area contributed by atoms with Gasteiger partial charge in [-0.25, -0.2) is 0 Å². The van der Waals surface area contributed by atoms with Gasteiger partial charge in [0.1, 0.15) is 23.3 Å². The number of nitriles is 2. The van der Waals surface area contributed by atoms with E-state index in [-0.39, 0.29) is 33.6 Å². The first-order valence-corrected chi connectivity index (χ1v) is 13.2. The van der Waals surface area contributed by atoms with Crippen LogP contribution in [0.1, 0.15) is 21.5 Å². The monoisotopic (exact) mass is 588 g/mol. The van der Waals surface area contributed by atoms with Crippen LogP contribution in [0.3, 0.4) is 0 Å². The lowest BCUT2D eigenvalue weighted by Gasteiger charge is -2.26. The van der Waals surface area contributed by atoms with E-state index in [1.54, 1.807) is 47.3 Å². The van der Waals surface area contributed by atoms with E-state index < -0.39 is 11.6 Å². The fourth-order valence-electron chi connectivity index (χ4n) is 5.43. The standard InChI is InChI=1S/C32H21BrN4O3/c1-36-17-25(21-10-3-5-12-27(21)36)30(38)23(15-34)29-24(16-35)31(26-18-37(2)28-13-6-4-11-22(26)28)40-32(29,39)19-8-7-9-20(33)14-19/h3-14,17-18,39H,1-2H3/b29-23+. The molecule has 3 aromatic carbocycles. The van der Waals surface area contributed by atoms with Gasteiger partial charge in [0.05, 0.1) is 5.57 Å². The maximum Gasteiger partial charge on any atom is 0.264 e. The molecular formula is C32H21BrN4O3. The molecule has 6 rings (SSSR count). The molecule has 1 unspecified atom stereocenters. The Bertz CT molecular complexity index is 2030. The van der Waals surface area contributed by atoms with E-state index >= 15 is 0 Å². The van der Waals surface area contributed by atoms with Gasteiger partial charge in [-0.3, -0.25) is 4.79 Å². The number of ether oxygens (including phenoxy) is 1. The van der Waals surface area contributed by atoms with Crippen LogP contribution in [0.25, 0.3) is 27.6 Å². The molecule has 40 heavy (non-hydrogen) atoms. The highest BCUT2D eigenvalue weighted by Gasteiger charge is 2.50. The van der Waals surface area contributed by atoms with Crippen molar-refractivity contribution >= 4 is 49.3 Å². The average Bonchev–Trinajstić information content (AvgIpc) is 3.59. The van der Waals surface area contributed by atoms with E-state index in [0.717, 1.165) is 16.4 Å². The molecule has 1 N–H and O–H groups in total. The second-order valence-electron chi connectivity index (χ2n) is 9.60. The molecule has 1 atom stereocenters. The summed E-state index contributed by atoms with van der Waals surface area (Å²) in [5.74, 6) is -2.81. The number of aliphatic hydroxyl groups is 1. The number of carbonyl (C=O) groups is 1. The smallest absolute Gasteiger partial charge is 0.264 e. The molecule has 8 heteroatoms. The number of rotatable bonds is 4. The van der Waals surface area contributed by atoms with E-state index in [2.05, 4.69) is 22.0 Å². The SMILES string of the molecule is Cn1cc(C(=O)/C(C#N)=C2\C(C#N)=C(c3cn(C)c4ccccc34)OC2(O)c2cccc(Br)c2)c2ccccc21. The Hall–Kier alpha value is -4.89. The molecule has 1 aliphatic rings. The summed E-state index contributed by atoms with van der Waals surface area (Å²) in [6.07, 6.45) is 3.46. The summed E-state index contributed by atoms with van der Waals surface area (Å²) in [4.78, 5) is 14.1. The van der Waals surface area contributed by atoms with Crippen LogP contribution in [-0.2, 0) is 24.6 Å². The van der Waals surface area contributed by atoms with Crippen LogP contribution in [0.5, 0.6) is 0 Å². The van der Waals surface area contributed by atoms with Crippen LogP contribution in [-0.4, -0.2) is 20.0 Å². The Morgan fingerprint density at radius 3 is 2.25 bits per heavy atom. The largest absolute Gasteiger partial charge is 0.452 e. The fraction of sp³-hybridized carbons (Fsp3) is 0.0938. The average molecular weight is 589 g/mol. The van der Waals surface area contributed by atoms with Gasteiger partial charge in [-0.2, -0.15) is 10.5 Å². The number of benzene rings is 3. The summed E-state index contributed by atoms with van der Waals surface area (Å²) in [5.41, 5.74) is 2.18. The first kappa shape index (κ1) is 25.4. The molecule has 0 bridgehead atoms. The van der Waals surface area contributed by atoms with Crippen molar-refractivity contribution in [3.63, 3.8) is 0 Å². The number of aromatic nitrogens is 2. The minimum absolute atomic E-state index is 0.0797. The number of ketones is 1. The maximum absolute atomic E-state index is 14.1. The van der Waals surface area contributed by atoms with Crippen molar-refractivity contribution in [2.75, 3.05) is 0 Å². The highest BCUT2D eigenvalue weighted by atomic mass is 79.9. The van der Waals surface area contributed by atoms with Gasteiger partial charge >= 0.3 is 0 Å². The number of hydrogen-bond acceptors (Lipinski definition) is 5. The number of carbonyl (C=O) groups excluding carboxylic acids is 1. The van der Waals surface area contributed by atoms with Crippen molar-refractivity contribution in [1.29, 1.82) is 10.5 Å². The molecule has 1 aliphatic heterocycles. The van der Waals surface area contributed by atoms with Gasteiger partial charge in [0, 0.05) is 69.5 Å². The molecule has 5 aromatic rings. The highest BCUT2D eigenvalue weighted by Crippen LogP contribution is 2.50. The topological polar surface area (TPSA) is 104 Å². The third-order valence-corrected chi connectivity index (χ3v) is 7.76. The number of fused-ring (bicyclic) bond motifs is 2. The molecule has 7 nitrogen and oxygen atoms in total.